The fourth-order valence-corrected chi connectivity index (χ4v) is 4.00. The van der Waals surface area contributed by atoms with Gasteiger partial charge >= 0.3 is 5.97 Å². The average molecular weight is 478 g/mol. The van der Waals surface area contributed by atoms with Gasteiger partial charge in [0.05, 0.1) is 18.0 Å². The molecule has 0 saturated heterocycles. The Bertz CT molecular complexity index is 1130. The molecule has 2 aromatic carbocycles. The van der Waals surface area contributed by atoms with Crippen molar-refractivity contribution >= 4 is 23.6 Å². The molecule has 0 bridgehead atoms. The van der Waals surface area contributed by atoms with Crippen LogP contribution in [0.15, 0.2) is 61.1 Å². The number of thioether (sulfide) groups is 1. The monoisotopic (exact) mass is 477 g/mol. The quantitative estimate of drug-likeness (QED) is 0.365. The number of aromatic nitrogens is 2. The van der Waals surface area contributed by atoms with Crippen LogP contribution >= 0.6 is 11.8 Å². The standard InChI is InChI=1S/C25H27N5O3S/c1-34-10-9-23(25(32)33)29-24(31)21-4-2-3-20(11-21)15-30(16-22-13-27-17-28-22)14-19-7-5-18(12-26)6-8-19/h2-8,11,13,17,23H,9-10,14-16H2,1H3,(H,27,28)(H,29,31)(H,32,33)/t23-/m0/s1. The number of imidazole rings is 1. The fourth-order valence-electron chi connectivity index (χ4n) is 3.53. The lowest BCUT2D eigenvalue weighted by molar-refractivity contribution is -0.139. The highest BCUT2D eigenvalue weighted by atomic mass is 32.2. The van der Waals surface area contributed by atoms with Gasteiger partial charge in [0.1, 0.15) is 6.04 Å². The Labute approximate surface area is 203 Å². The van der Waals surface area contributed by atoms with E-state index in [9.17, 15) is 14.7 Å². The van der Waals surface area contributed by atoms with Crippen LogP contribution in [0, 0.1) is 11.3 Å². The molecule has 34 heavy (non-hydrogen) atoms. The van der Waals surface area contributed by atoms with Gasteiger partial charge in [0.2, 0.25) is 0 Å². The van der Waals surface area contributed by atoms with Gasteiger partial charge in [-0.3, -0.25) is 9.69 Å². The Hall–Kier alpha value is -3.61. The molecule has 1 atom stereocenters. The van der Waals surface area contributed by atoms with Crippen LogP contribution in [0.1, 0.15) is 39.2 Å². The number of H-pyrrole nitrogens is 1. The van der Waals surface area contributed by atoms with E-state index in [4.69, 9.17) is 5.26 Å². The summed E-state index contributed by atoms with van der Waals surface area (Å²) in [7, 11) is 0. The molecule has 0 radical (unpaired) electrons. The summed E-state index contributed by atoms with van der Waals surface area (Å²) in [6, 6.07) is 15.9. The highest BCUT2D eigenvalue weighted by molar-refractivity contribution is 7.98. The Balaban J connectivity index is 1.74. The van der Waals surface area contributed by atoms with Crippen LogP contribution in [0.4, 0.5) is 0 Å². The third-order valence-corrected chi connectivity index (χ3v) is 5.89. The zero-order valence-corrected chi connectivity index (χ0v) is 19.7. The topological polar surface area (TPSA) is 122 Å². The maximum absolute atomic E-state index is 12.7. The van der Waals surface area contributed by atoms with E-state index in [1.807, 2.05) is 24.5 Å². The minimum Gasteiger partial charge on any atom is -0.480 e. The molecule has 0 aliphatic carbocycles. The van der Waals surface area contributed by atoms with Gasteiger partial charge in [-0.05, 0) is 53.8 Å². The molecule has 1 amide bonds. The number of hydrogen-bond acceptors (Lipinski definition) is 6. The van der Waals surface area contributed by atoms with E-state index < -0.39 is 17.9 Å². The maximum Gasteiger partial charge on any atom is 0.326 e. The van der Waals surface area contributed by atoms with Crippen molar-refractivity contribution in [3.05, 3.63) is 89.0 Å². The number of carboxylic acid groups (broad SMARTS) is 1. The van der Waals surface area contributed by atoms with Crippen LogP contribution < -0.4 is 5.32 Å². The molecule has 1 heterocycles. The summed E-state index contributed by atoms with van der Waals surface area (Å²) >= 11 is 1.54. The fraction of sp³-hybridized carbons (Fsp3) is 0.280. The Morgan fingerprint density at radius 3 is 2.59 bits per heavy atom. The second kappa shape index (κ2) is 12.6. The molecule has 0 aliphatic rings. The number of nitrogens with zero attached hydrogens (tertiary/aromatic N) is 3. The summed E-state index contributed by atoms with van der Waals surface area (Å²) in [6.45, 7) is 1.82. The molecule has 0 aliphatic heterocycles. The van der Waals surface area contributed by atoms with Gasteiger partial charge in [-0.15, -0.1) is 0 Å². The summed E-state index contributed by atoms with van der Waals surface area (Å²) in [4.78, 5) is 33.6. The van der Waals surface area contributed by atoms with Crippen LogP contribution in [-0.2, 0) is 24.4 Å². The predicted octanol–water partition coefficient (Wildman–Crippen LogP) is 3.42. The summed E-state index contributed by atoms with van der Waals surface area (Å²) in [5.41, 5.74) is 3.98. The minimum absolute atomic E-state index is 0.366. The lowest BCUT2D eigenvalue weighted by Crippen LogP contribution is -2.41. The Kier molecular flexibility index (Phi) is 9.26. The van der Waals surface area contributed by atoms with Crippen molar-refractivity contribution < 1.29 is 14.7 Å². The highest BCUT2D eigenvalue weighted by Crippen LogP contribution is 2.15. The Morgan fingerprint density at radius 2 is 1.94 bits per heavy atom. The molecule has 0 saturated carbocycles. The molecule has 0 spiro atoms. The van der Waals surface area contributed by atoms with Gasteiger partial charge in [0.25, 0.3) is 5.91 Å². The molecule has 1 aromatic heterocycles. The largest absolute Gasteiger partial charge is 0.480 e. The van der Waals surface area contributed by atoms with Crippen molar-refractivity contribution in [1.29, 1.82) is 5.26 Å². The number of carbonyl (C=O) groups is 2. The summed E-state index contributed by atoms with van der Waals surface area (Å²) in [5.74, 6) is -0.788. The van der Waals surface area contributed by atoms with E-state index in [-0.39, 0.29) is 0 Å². The smallest absolute Gasteiger partial charge is 0.326 e. The van der Waals surface area contributed by atoms with Crippen molar-refractivity contribution in [2.24, 2.45) is 0 Å². The van der Waals surface area contributed by atoms with E-state index in [0.29, 0.717) is 42.9 Å². The number of hydrogen-bond donors (Lipinski definition) is 3. The highest BCUT2D eigenvalue weighted by Gasteiger charge is 2.20. The first-order chi connectivity index (χ1) is 16.5. The maximum atomic E-state index is 12.7. The summed E-state index contributed by atoms with van der Waals surface area (Å²) in [6.07, 6.45) is 5.67. The van der Waals surface area contributed by atoms with Crippen LogP contribution in [0.2, 0.25) is 0 Å². The van der Waals surface area contributed by atoms with Crippen molar-refractivity contribution in [1.82, 2.24) is 20.2 Å². The van der Waals surface area contributed by atoms with E-state index in [0.717, 1.165) is 16.8 Å². The van der Waals surface area contributed by atoms with Crippen molar-refractivity contribution in [3.8, 4) is 6.07 Å². The van der Waals surface area contributed by atoms with Gasteiger partial charge < -0.3 is 15.4 Å². The first kappa shape index (κ1) is 25.0. The van der Waals surface area contributed by atoms with Gasteiger partial charge in [0.15, 0.2) is 0 Å². The molecule has 3 rings (SSSR count). The summed E-state index contributed by atoms with van der Waals surface area (Å²) in [5, 5.41) is 21.1. The van der Waals surface area contributed by atoms with Crippen LogP contribution in [0.25, 0.3) is 0 Å². The molecule has 8 nitrogen and oxygen atoms in total. The van der Waals surface area contributed by atoms with Crippen LogP contribution in [0.5, 0.6) is 0 Å². The third-order valence-electron chi connectivity index (χ3n) is 5.25. The number of aromatic amines is 1. The van der Waals surface area contributed by atoms with Crippen molar-refractivity contribution in [3.63, 3.8) is 0 Å². The van der Waals surface area contributed by atoms with E-state index in [2.05, 4.69) is 26.3 Å². The van der Waals surface area contributed by atoms with E-state index in [1.54, 1.807) is 54.6 Å². The second-order valence-electron chi connectivity index (χ2n) is 7.88. The van der Waals surface area contributed by atoms with E-state index in [1.165, 1.54) is 0 Å². The van der Waals surface area contributed by atoms with Crippen molar-refractivity contribution in [2.45, 2.75) is 32.1 Å². The molecule has 176 valence electrons. The molecule has 0 fully saturated rings. The molecule has 3 aromatic rings. The number of carbonyl (C=O) groups excluding carboxylic acids is 1. The SMILES string of the molecule is CSCC[C@H](NC(=O)c1cccc(CN(Cc2ccc(C#N)cc2)Cc2cnc[nH]2)c1)C(=O)O. The van der Waals surface area contributed by atoms with Crippen LogP contribution in [-0.4, -0.2) is 49.9 Å². The first-order valence-corrected chi connectivity index (χ1v) is 12.2. The number of nitrogens with one attached hydrogen (secondary N) is 2. The third kappa shape index (κ3) is 7.47. The lowest BCUT2D eigenvalue weighted by Gasteiger charge is -2.22. The molecule has 3 N–H and O–H groups in total. The zero-order chi connectivity index (χ0) is 24.3. The van der Waals surface area contributed by atoms with Gasteiger partial charge in [-0.2, -0.15) is 17.0 Å². The number of carboxylic acids is 1. The number of nitriles is 1. The molecule has 9 heteroatoms. The molecule has 0 unspecified atom stereocenters. The summed E-state index contributed by atoms with van der Waals surface area (Å²) < 4.78 is 0. The second-order valence-corrected chi connectivity index (χ2v) is 8.86. The molecular formula is C25H27N5O3S. The van der Waals surface area contributed by atoms with Crippen LogP contribution in [0.3, 0.4) is 0 Å². The van der Waals surface area contributed by atoms with Crippen molar-refractivity contribution in [2.75, 3.05) is 12.0 Å². The first-order valence-electron chi connectivity index (χ1n) is 10.8. The Morgan fingerprint density at radius 1 is 1.18 bits per heavy atom. The normalized spacial score (nSPS) is 11.7. The average Bonchev–Trinajstić information content (AvgIpc) is 3.35. The number of rotatable bonds is 12. The zero-order valence-electron chi connectivity index (χ0n) is 18.9. The van der Waals surface area contributed by atoms with Gasteiger partial charge in [-0.1, -0.05) is 24.3 Å². The number of aliphatic carboxylic acids is 1. The van der Waals surface area contributed by atoms with Gasteiger partial charge in [0, 0.05) is 37.1 Å². The minimum atomic E-state index is -1.04. The number of amides is 1. The predicted molar refractivity (Wildman–Crippen MR) is 131 cm³/mol. The van der Waals surface area contributed by atoms with E-state index >= 15 is 0 Å². The van der Waals surface area contributed by atoms with Gasteiger partial charge in [-0.25, -0.2) is 9.78 Å². The lowest BCUT2D eigenvalue weighted by atomic mass is 10.1. The number of benzene rings is 2. The molecular weight excluding hydrogens is 450 g/mol.